The molecule has 1 aromatic rings. The summed E-state index contributed by atoms with van der Waals surface area (Å²) in [6, 6.07) is 4.01. The lowest BCUT2D eigenvalue weighted by Crippen LogP contribution is -2.50. The molecule has 3 rings (SSSR count). The molecule has 2 heterocycles. The number of hydrogen-bond acceptors (Lipinski definition) is 6. The van der Waals surface area contributed by atoms with Crippen LogP contribution in [0.15, 0.2) is 18.3 Å². The average molecular weight is 332 g/mol. The van der Waals surface area contributed by atoms with Crippen LogP contribution in [0.1, 0.15) is 30.1 Å². The van der Waals surface area contributed by atoms with E-state index in [1.165, 1.54) is 0 Å². The molecule has 0 unspecified atom stereocenters. The fourth-order valence-electron chi connectivity index (χ4n) is 2.75. The number of ether oxygens (including phenoxy) is 1. The Labute approximate surface area is 142 Å². The second-order valence-corrected chi connectivity index (χ2v) is 6.23. The minimum Gasteiger partial charge on any atom is -0.462 e. The van der Waals surface area contributed by atoms with Crippen molar-refractivity contribution < 1.29 is 14.3 Å². The number of carbonyl (C=O) groups is 2. The molecule has 0 bridgehead atoms. The van der Waals surface area contributed by atoms with Crippen LogP contribution in [0.5, 0.6) is 0 Å². The Kier molecular flexibility index (Phi) is 5.30. The van der Waals surface area contributed by atoms with Gasteiger partial charge in [-0.1, -0.05) is 0 Å². The van der Waals surface area contributed by atoms with E-state index < -0.39 is 0 Å². The minimum absolute atomic E-state index is 0.128. The van der Waals surface area contributed by atoms with Gasteiger partial charge >= 0.3 is 5.97 Å². The summed E-state index contributed by atoms with van der Waals surface area (Å²) in [5.41, 5.74) is 0.469. The third-order valence-corrected chi connectivity index (χ3v) is 4.26. The number of anilines is 1. The van der Waals surface area contributed by atoms with E-state index >= 15 is 0 Å². The first-order valence-electron chi connectivity index (χ1n) is 8.55. The van der Waals surface area contributed by atoms with Gasteiger partial charge in [-0.25, -0.2) is 9.78 Å². The van der Waals surface area contributed by atoms with E-state index in [-0.39, 0.29) is 11.9 Å². The number of nitrogens with one attached hydrogen (secondary N) is 1. The molecule has 1 aliphatic heterocycles. The van der Waals surface area contributed by atoms with E-state index in [1.807, 2.05) is 6.07 Å². The number of pyridine rings is 1. The van der Waals surface area contributed by atoms with Crippen molar-refractivity contribution in [3.63, 3.8) is 0 Å². The number of nitrogens with zero attached hydrogens (tertiary/aromatic N) is 3. The highest BCUT2D eigenvalue weighted by Gasteiger charge is 2.25. The Morgan fingerprint density at radius 2 is 2.00 bits per heavy atom. The van der Waals surface area contributed by atoms with Crippen molar-refractivity contribution in [2.45, 2.75) is 25.8 Å². The van der Waals surface area contributed by atoms with Crippen LogP contribution >= 0.6 is 0 Å². The van der Waals surface area contributed by atoms with Crippen LogP contribution in [-0.2, 0) is 9.53 Å². The molecule has 1 N–H and O–H groups in total. The van der Waals surface area contributed by atoms with E-state index in [2.05, 4.69) is 20.1 Å². The fourth-order valence-corrected chi connectivity index (χ4v) is 2.75. The highest BCUT2D eigenvalue weighted by Crippen LogP contribution is 2.18. The predicted octanol–water partition coefficient (Wildman–Crippen LogP) is 0.659. The highest BCUT2D eigenvalue weighted by molar-refractivity contribution is 5.89. The maximum atomic E-state index is 11.8. The molecule has 130 valence electrons. The van der Waals surface area contributed by atoms with Gasteiger partial charge in [-0.05, 0) is 31.9 Å². The normalized spacial score (nSPS) is 18.3. The summed E-state index contributed by atoms with van der Waals surface area (Å²) < 4.78 is 4.96. The second kappa shape index (κ2) is 7.61. The topological polar surface area (TPSA) is 74.8 Å². The first-order valence-corrected chi connectivity index (χ1v) is 8.55. The summed E-state index contributed by atoms with van der Waals surface area (Å²) in [6.45, 7) is 5.92. The van der Waals surface area contributed by atoms with Gasteiger partial charge in [0, 0.05) is 38.4 Å². The molecule has 1 aromatic heterocycles. The van der Waals surface area contributed by atoms with Crippen molar-refractivity contribution in [2.75, 3.05) is 44.2 Å². The summed E-state index contributed by atoms with van der Waals surface area (Å²) >= 11 is 0. The number of piperazine rings is 1. The van der Waals surface area contributed by atoms with Crippen molar-refractivity contribution in [2.24, 2.45) is 0 Å². The monoisotopic (exact) mass is 332 g/mol. The Balaban J connectivity index is 1.47. The van der Waals surface area contributed by atoms with Crippen molar-refractivity contribution >= 4 is 17.7 Å². The average Bonchev–Trinajstić information content (AvgIpc) is 3.40. The molecule has 7 nitrogen and oxygen atoms in total. The maximum absolute atomic E-state index is 11.8. The fraction of sp³-hybridized carbons (Fsp3) is 0.588. The lowest BCUT2D eigenvalue weighted by atomic mass is 10.2. The molecule has 1 amide bonds. The Morgan fingerprint density at radius 3 is 2.58 bits per heavy atom. The largest absolute Gasteiger partial charge is 0.462 e. The van der Waals surface area contributed by atoms with Crippen LogP contribution in [0.3, 0.4) is 0 Å². The summed E-state index contributed by atoms with van der Waals surface area (Å²) in [6.07, 6.45) is 3.79. The highest BCUT2D eigenvalue weighted by atomic mass is 16.5. The minimum atomic E-state index is -0.344. The van der Waals surface area contributed by atoms with Crippen molar-refractivity contribution in [1.29, 1.82) is 0 Å². The molecule has 1 saturated carbocycles. The summed E-state index contributed by atoms with van der Waals surface area (Å²) in [5, 5.41) is 3.02. The van der Waals surface area contributed by atoms with Crippen LogP contribution in [0.25, 0.3) is 0 Å². The van der Waals surface area contributed by atoms with Crippen LogP contribution in [0, 0.1) is 0 Å². The lowest BCUT2D eigenvalue weighted by molar-refractivity contribution is -0.122. The summed E-state index contributed by atoms with van der Waals surface area (Å²) in [4.78, 5) is 32.2. The smallest absolute Gasteiger partial charge is 0.339 e. The zero-order valence-corrected chi connectivity index (χ0v) is 14.0. The molecule has 24 heavy (non-hydrogen) atoms. The van der Waals surface area contributed by atoms with Gasteiger partial charge in [0.2, 0.25) is 5.91 Å². The number of aromatic nitrogens is 1. The van der Waals surface area contributed by atoms with E-state index in [0.29, 0.717) is 24.8 Å². The maximum Gasteiger partial charge on any atom is 0.339 e. The zero-order valence-electron chi connectivity index (χ0n) is 14.0. The van der Waals surface area contributed by atoms with Crippen molar-refractivity contribution in [3.05, 3.63) is 23.9 Å². The van der Waals surface area contributed by atoms with Gasteiger partial charge in [0.15, 0.2) is 0 Å². The molecule has 0 atom stereocenters. The molecule has 0 radical (unpaired) electrons. The van der Waals surface area contributed by atoms with Gasteiger partial charge in [0.1, 0.15) is 5.82 Å². The van der Waals surface area contributed by atoms with Crippen LogP contribution in [-0.4, -0.2) is 67.1 Å². The molecule has 1 aliphatic carbocycles. The number of hydrogen-bond donors (Lipinski definition) is 1. The van der Waals surface area contributed by atoms with Gasteiger partial charge in [-0.2, -0.15) is 0 Å². The van der Waals surface area contributed by atoms with Gasteiger partial charge < -0.3 is 15.0 Å². The summed E-state index contributed by atoms with van der Waals surface area (Å²) in [5.74, 6) is 0.635. The molecular formula is C17H24N4O3. The molecular weight excluding hydrogens is 308 g/mol. The SMILES string of the molecule is CCOC(=O)c1ccc(N2CCN(CC(=O)NC3CC3)CC2)nc1. The predicted molar refractivity (Wildman–Crippen MR) is 90.0 cm³/mol. The number of rotatable bonds is 6. The third kappa shape index (κ3) is 4.44. The van der Waals surface area contributed by atoms with E-state index in [1.54, 1.807) is 19.2 Å². The molecule has 0 aromatic carbocycles. The van der Waals surface area contributed by atoms with Crippen LogP contribution in [0.4, 0.5) is 5.82 Å². The molecule has 2 fully saturated rings. The van der Waals surface area contributed by atoms with Crippen LogP contribution < -0.4 is 10.2 Å². The van der Waals surface area contributed by atoms with Gasteiger partial charge in [-0.3, -0.25) is 9.69 Å². The molecule has 2 aliphatic rings. The van der Waals surface area contributed by atoms with Gasteiger partial charge in [0.05, 0.1) is 18.7 Å². The number of amides is 1. The van der Waals surface area contributed by atoms with E-state index in [0.717, 1.165) is 44.8 Å². The number of esters is 1. The van der Waals surface area contributed by atoms with E-state index in [9.17, 15) is 9.59 Å². The van der Waals surface area contributed by atoms with Crippen molar-refractivity contribution in [1.82, 2.24) is 15.2 Å². The molecule has 0 spiro atoms. The first-order chi connectivity index (χ1) is 11.7. The van der Waals surface area contributed by atoms with Crippen molar-refractivity contribution in [3.8, 4) is 0 Å². The second-order valence-electron chi connectivity index (χ2n) is 6.23. The third-order valence-electron chi connectivity index (χ3n) is 4.26. The molecule has 1 saturated heterocycles. The Bertz CT molecular complexity index is 578. The first kappa shape index (κ1) is 16.7. The standard InChI is InChI=1S/C17H24N4O3/c1-2-24-17(23)13-3-6-15(18-11-13)21-9-7-20(8-10-21)12-16(22)19-14-4-5-14/h3,6,11,14H,2,4-5,7-10,12H2,1H3,(H,19,22). The Hall–Kier alpha value is -2.15. The molecule has 7 heteroatoms. The number of carbonyl (C=O) groups excluding carboxylic acids is 2. The quantitative estimate of drug-likeness (QED) is 0.772. The van der Waals surface area contributed by atoms with Gasteiger partial charge in [0.25, 0.3) is 0 Å². The lowest BCUT2D eigenvalue weighted by Gasteiger charge is -2.35. The zero-order chi connectivity index (χ0) is 16.9. The van der Waals surface area contributed by atoms with E-state index in [4.69, 9.17) is 4.74 Å². The Morgan fingerprint density at radius 1 is 1.25 bits per heavy atom. The summed E-state index contributed by atoms with van der Waals surface area (Å²) in [7, 11) is 0. The van der Waals surface area contributed by atoms with Gasteiger partial charge in [-0.15, -0.1) is 0 Å². The van der Waals surface area contributed by atoms with Crippen LogP contribution in [0.2, 0.25) is 0 Å².